The zero-order valence-corrected chi connectivity index (χ0v) is 12.4. The molecule has 0 unspecified atom stereocenters. The fourth-order valence-corrected chi connectivity index (χ4v) is 3.35. The molecule has 2 fully saturated rings. The van der Waals surface area contributed by atoms with Crippen molar-refractivity contribution >= 4 is 5.91 Å². The first-order valence-electron chi connectivity index (χ1n) is 7.69. The van der Waals surface area contributed by atoms with Crippen molar-refractivity contribution in [3.63, 3.8) is 0 Å². The molecular weight excluding hydrogens is 270 g/mol. The number of hydrogen-bond acceptors (Lipinski definition) is 4. The monoisotopic (exact) mass is 293 g/mol. The Kier molecular flexibility index (Phi) is 4.26. The second-order valence-corrected chi connectivity index (χ2v) is 6.07. The third-order valence-corrected chi connectivity index (χ3v) is 4.57. The Hall–Kier alpha value is -1.40. The van der Waals surface area contributed by atoms with Gasteiger partial charge in [-0.25, -0.2) is 0 Å². The Bertz CT molecular complexity index is 496. The number of carbonyl (C=O) groups is 1. The summed E-state index contributed by atoms with van der Waals surface area (Å²) in [5.74, 6) is 0.240. The number of nitrogens with zero attached hydrogens (tertiary/aromatic N) is 3. The topological polar surface area (TPSA) is 67.6 Å². The third kappa shape index (κ3) is 3.11. The van der Waals surface area contributed by atoms with Crippen LogP contribution < -0.4 is 0 Å². The van der Waals surface area contributed by atoms with Crippen molar-refractivity contribution < 1.29 is 14.6 Å². The summed E-state index contributed by atoms with van der Waals surface area (Å²) < 4.78 is 7.08. The number of carbonyl (C=O) groups excluding carboxylic acids is 1. The maximum absolute atomic E-state index is 12.7. The van der Waals surface area contributed by atoms with Crippen molar-refractivity contribution in [3.05, 3.63) is 18.0 Å². The van der Waals surface area contributed by atoms with Gasteiger partial charge in [0.25, 0.3) is 0 Å². The first-order chi connectivity index (χ1) is 10.1. The van der Waals surface area contributed by atoms with Crippen LogP contribution in [0.2, 0.25) is 0 Å². The van der Waals surface area contributed by atoms with E-state index in [0.29, 0.717) is 32.6 Å². The molecule has 3 heterocycles. The van der Waals surface area contributed by atoms with Gasteiger partial charge in [-0.2, -0.15) is 5.10 Å². The molecule has 2 atom stereocenters. The van der Waals surface area contributed by atoms with Crippen LogP contribution in [-0.4, -0.2) is 57.6 Å². The number of rotatable bonds is 3. The highest BCUT2D eigenvalue weighted by Gasteiger charge is 2.38. The molecule has 6 heteroatoms. The summed E-state index contributed by atoms with van der Waals surface area (Å²) >= 11 is 0. The second kappa shape index (κ2) is 6.15. The molecule has 6 nitrogen and oxygen atoms in total. The van der Waals surface area contributed by atoms with E-state index in [4.69, 9.17) is 4.74 Å². The van der Waals surface area contributed by atoms with Gasteiger partial charge in [0.05, 0.1) is 18.3 Å². The van der Waals surface area contributed by atoms with E-state index in [1.165, 1.54) is 0 Å². The van der Waals surface area contributed by atoms with Crippen molar-refractivity contribution in [3.8, 4) is 0 Å². The van der Waals surface area contributed by atoms with Crippen LogP contribution in [0.25, 0.3) is 0 Å². The van der Waals surface area contributed by atoms with Crippen molar-refractivity contribution in [2.45, 2.75) is 37.8 Å². The number of aliphatic hydroxyl groups excluding tert-OH is 1. The molecule has 2 aliphatic rings. The molecule has 0 aliphatic carbocycles. The molecule has 21 heavy (non-hydrogen) atoms. The highest BCUT2D eigenvalue weighted by Crippen LogP contribution is 2.26. The summed E-state index contributed by atoms with van der Waals surface area (Å²) in [4.78, 5) is 14.6. The lowest BCUT2D eigenvalue weighted by Gasteiger charge is -2.31. The maximum Gasteiger partial charge on any atom is 0.226 e. The number of ether oxygens (including phenoxy) is 1. The van der Waals surface area contributed by atoms with Crippen LogP contribution in [0.4, 0.5) is 0 Å². The van der Waals surface area contributed by atoms with E-state index in [1.807, 2.05) is 24.3 Å². The summed E-state index contributed by atoms with van der Waals surface area (Å²) in [5.41, 5.74) is 1.06. The normalized spacial score (nSPS) is 27.2. The molecule has 0 saturated carbocycles. The smallest absolute Gasteiger partial charge is 0.226 e. The predicted molar refractivity (Wildman–Crippen MR) is 76.6 cm³/mol. The number of aromatic nitrogens is 2. The second-order valence-electron chi connectivity index (χ2n) is 6.07. The van der Waals surface area contributed by atoms with Gasteiger partial charge < -0.3 is 14.7 Å². The summed E-state index contributed by atoms with van der Waals surface area (Å²) in [6, 6.07) is -0.121. The van der Waals surface area contributed by atoms with E-state index in [9.17, 15) is 9.90 Å². The fraction of sp³-hybridized carbons (Fsp3) is 0.733. The Balaban J connectivity index is 1.69. The third-order valence-electron chi connectivity index (χ3n) is 4.57. The van der Waals surface area contributed by atoms with Crippen LogP contribution >= 0.6 is 0 Å². The Morgan fingerprint density at radius 1 is 1.43 bits per heavy atom. The largest absolute Gasteiger partial charge is 0.391 e. The average Bonchev–Trinajstić information content (AvgIpc) is 3.07. The minimum atomic E-state index is -0.436. The van der Waals surface area contributed by atoms with Gasteiger partial charge in [-0.1, -0.05) is 0 Å². The van der Waals surface area contributed by atoms with E-state index in [0.717, 1.165) is 18.4 Å². The van der Waals surface area contributed by atoms with Gasteiger partial charge in [0.1, 0.15) is 0 Å². The molecule has 2 aliphatic heterocycles. The van der Waals surface area contributed by atoms with E-state index in [2.05, 4.69) is 5.10 Å². The molecule has 1 amide bonds. The van der Waals surface area contributed by atoms with E-state index < -0.39 is 6.10 Å². The van der Waals surface area contributed by atoms with Crippen LogP contribution in [0, 0.1) is 5.92 Å². The number of likely N-dealkylation sites (tertiary alicyclic amines) is 1. The Morgan fingerprint density at radius 2 is 2.19 bits per heavy atom. The van der Waals surface area contributed by atoms with Gasteiger partial charge in [-0.15, -0.1) is 0 Å². The average molecular weight is 293 g/mol. The number of amides is 1. The molecule has 1 aromatic rings. The van der Waals surface area contributed by atoms with Gasteiger partial charge in [0, 0.05) is 38.9 Å². The lowest BCUT2D eigenvalue weighted by Crippen LogP contribution is -2.45. The molecular formula is C15H23N3O3. The van der Waals surface area contributed by atoms with Crippen LogP contribution in [0.1, 0.15) is 24.8 Å². The summed E-state index contributed by atoms with van der Waals surface area (Å²) in [6.45, 7) is 1.99. The van der Waals surface area contributed by atoms with Crippen molar-refractivity contribution in [1.82, 2.24) is 14.7 Å². The van der Waals surface area contributed by atoms with Crippen LogP contribution in [0.3, 0.4) is 0 Å². The summed E-state index contributed by atoms with van der Waals surface area (Å²) in [5, 5.41) is 14.4. The molecule has 0 bridgehead atoms. The zero-order chi connectivity index (χ0) is 14.8. The maximum atomic E-state index is 12.7. The van der Waals surface area contributed by atoms with Crippen molar-refractivity contribution in [1.29, 1.82) is 0 Å². The van der Waals surface area contributed by atoms with Crippen LogP contribution in [0.15, 0.2) is 12.4 Å². The number of hydrogen-bond donors (Lipinski definition) is 1. The van der Waals surface area contributed by atoms with Crippen LogP contribution in [-0.2, 0) is 23.0 Å². The standard InChI is InChI=1S/C15H23N3O3/c1-17-10-11(9-16-17)8-13-14(19)2-5-18(13)15(20)12-3-6-21-7-4-12/h9-10,12-14,19H,2-8H2,1H3/t13-,14+/m0/s1. The van der Waals surface area contributed by atoms with E-state index >= 15 is 0 Å². The first-order valence-corrected chi connectivity index (χ1v) is 7.69. The molecule has 0 aromatic carbocycles. The lowest BCUT2D eigenvalue weighted by molar-refractivity contribution is -0.140. The van der Waals surface area contributed by atoms with Crippen LogP contribution in [0.5, 0.6) is 0 Å². The van der Waals surface area contributed by atoms with E-state index in [1.54, 1.807) is 4.68 Å². The molecule has 0 radical (unpaired) electrons. The summed E-state index contributed by atoms with van der Waals surface area (Å²) in [7, 11) is 1.87. The van der Waals surface area contributed by atoms with Gasteiger partial charge in [0.15, 0.2) is 0 Å². The fourth-order valence-electron chi connectivity index (χ4n) is 3.35. The summed E-state index contributed by atoms with van der Waals surface area (Å²) in [6.07, 6.45) is 6.25. The minimum absolute atomic E-state index is 0.0560. The Morgan fingerprint density at radius 3 is 2.86 bits per heavy atom. The van der Waals surface area contributed by atoms with Crippen molar-refractivity contribution in [2.24, 2.45) is 13.0 Å². The zero-order valence-electron chi connectivity index (χ0n) is 12.4. The van der Waals surface area contributed by atoms with Gasteiger partial charge in [-0.05, 0) is 31.2 Å². The predicted octanol–water partition coefficient (Wildman–Crippen LogP) is 0.351. The Labute approximate surface area is 124 Å². The minimum Gasteiger partial charge on any atom is -0.391 e. The molecule has 1 aromatic heterocycles. The van der Waals surface area contributed by atoms with Gasteiger partial charge >= 0.3 is 0 Å². The quantitative estimate of drug-likeness (QED) is 0.873. The van der Waals surface area contributed by atoms with Crippen molar-refractivity contribution in [2.75, 3.05) is 19.8 Å². The SMILES string of the molecule is Cn1cc(C[C@H]2[C@H](O)CCN2C(=O)C2CCOCC2)cn1. The van der Waals surface area contributed by atoms with E-state index in [-0.39, 0.29) is 17.9 Å². The lowest BCUT2D eigenvalue weighted by atomic mass is 9.97. The van der Waals surface area contributed by atoms with Gasteiger partial charge in [0.2, 0.25) is 5.91 Å². The highest BCUT2D eigenvalue weighted by atomic mass is 16.5. The molecule has 116 valence electrons. The highest BCUT2D eigenvalue weighted by molar-refractivity contribution is 5.79. The molecule has 3 rings (SSSR count). The molecule has 1 N–H and O–H groups in total. The molecule has 0 spiro atoms. The molecule has 2 saturated heterocycles. The first kappa shape index (κ1) is 14.5. The van der Waals surface area contributed by atoms with Gasteiger partial charge in [-0.3, -0.25) is 9.48 Å². The number of aryl methyl sites for hydroxylation is 1. The number of aliphatic hydroxyl groups is 1.